The summed E-state index contributed by atoms with van der Waals surface area (Å²) in [6.07, 6.45) is 0.0956. The highest BCUT2D eigenvalue weighted by Gasteiger charge is 2.50. The fraction of sp³-hybridized carbons (Fsp3) is 0.500. The van der Waals surface area contributed by atoms with Gasteiger partial charge in [-0.15, -0.1) is 0 Å². The third-order valence-corrected chi connectivity index (χ3v) is 3.23. The maximum Gasteiger partial charge on any atom is 0.419 e. The molecule has 1 atom stereocenters. The van der Waals surface area contributed by atoms with Crippen molar-refractivity contribution >= 4 is 17.8 Å². The first kappa shape index (κ1) is 15.7. The van der Waals surface area contributed by atoms with Crippen LogP contribution in [0.15, 0.2) is 12.3 Å². The Hall–Kier alpha value is -2.69. The quantitative estimate of drug-likeness (QED) is 0.897. The molecule has 2 rings (SSSR count). The van der Waals surface area contributed by atoms with E-state index in [-0.39, 0.29) is 11.7 Å². The number of imide groups is 1. The SMILES string of the molecule is CC(C)C(Nc1ccnc(C#N)n1)N1C(=O)OC(C)(C)C1=O. The van der Waals surface area contributed by atoms with Gasteiger partial charge in [0.15, 0.2) is 5.60 Å². The molecule has 1 fully saturated rings. The summed E-state index contributed by atoms with van der Waals surface area (Å²) in [7, 11) is 0. The van der Waals surface area contributed by atoms with Crippen molar-refractivity contribution in [1.82, 2.24) is 14.9 Å². The molecule has 1 N–H and O–H groups in total. The lowest BCUT2D eigenvalue weighted by Crippen LogP contribution is -2.49. The van der Waals surface area contributed by atoms with E-state index in [4.69, 9.17) is 10.00 Å². The number of carbonyl (C=O) groups excluding carboxylic acids is 2. The molecule has 0 spiro atoms. The Bertz CT molecular complexity index is 650. The van der Waals surface area contributed by atoms with Gasteiger partial charge in [0.05, 0.1) is 0 Å². The third-order valence-electron chi connectivity index (χ3n) is 3.23. The number of hydrogen-bond acceptors (Lipinski definition) is 7. The summed E-state index contributed by atoms with van der Waals surface area (Å²) in [6.45, 7) is 6.80. The molecule has 2 heterocycles. The molecular formula is C14H17N5O3. The van der Waals surface area contributed by atoms with Crippen LogP contribution < -0.4 is 5.32 Å². The number of cyclic esters (lactones) is 1. The second-order valence-electron chi connectivity index (χ2n) is 5.76. The van der Waals surface area contributed by atoms with Crippen LogP contribution in [-0.4, -0.2) is 38.6 Å². The third kappa shape index (κ3) is 2.83. The molecule has 2 amide bonds. The molecule has 1 aromatic heterocycles. The Morgan fingerprint density at radius 3 is 2.59 bits per heavy atom. The number of hydrogen-bond donors (Lipinski definition) is 1. The van der Waals surface area contributed by atoms with Gasteiger partial charge < -0.3 is 10.1 Å². The average Bonchev–Trinajstić information content (AvgIpc) is 2.65. The zero-order valence-electron chi connectivity index (χ0n) is 12.8. The Morgan fingerprint density at radius 1 is 1.41 bits per heavy atom. The second kappa shape index (κ2) is 5.60. The van der Waals surface area contributed by atoms with Gasteiger partial charge in [-0.1, -0.05) is 13.8 Å². The molecule has 1 unspecified atom stereocenters. The number of anilines is 1. The minimum atomic E-state index is -1.19. The van der Waals surface area contributed by atoms with Gasteiger partial charge in [0, 0.05) is 6.20 Å². The van der Waals surface area contributed by atoms with Gasteiger partial charge in [-0.2, -0.15) is 5.26 Å². The highest BCUT2D eigenvalue weighted by atomic mass is 16.6. The molecule has 0 bridgehead atoms. The molecule has 1 aliphatic rings. The Kier molecular flexibility index (Phi) is 3.99. The number of amides is 2. The van der Waals surface area contributed by atoms with Crippen LogP contribution in [0.3, 0.4) is 0 Å². The van der Waals surface area contributed by atoms with Crippen LogP contribution in [0.5, 0.6) is 0 Å². The lowest BCUT2D eigenvalue weighted by atomic mass is 10.1. The first-order valence-corrected chi connectivity index (χ1v) is 6.82. The summed E-state index contributed by atoms with van der Waals surface area (Å²) < 4.78 is 5.10. The van der Waals surface area contributed by atoms with Gasteiger partial charge in [0.1, 0.15) is 18.1 Å². The molecule has 0 aliphatic carbocycles. The number of ether oxygens (including phenoxy) is 1. The molecule has 1 saturated heterocycles. The van der Waals surface area contributed by atoms with Crippen molar-refractivity contribution in [2.24, 2.45) is 5.92 Å². The Balaban J connectivity index is 2.30. The van der Waals surface area contributed by atoms with E-state index in [0.717, 1.165) is 4.90 Å². The normalized spacial score (nSPS) is 18.1. The molecule has 1 aliphatic heterocycles. The minimum absolute atomic E-state index is 0.00293. The highest BCUT2D eigenvalue weighted by Crippen LogP contribution is 2.28. The van der Waals surface area contributed by atoms with Crippen LogP contribution in [0.4, 0.5) is 10.6 Å². The van der Waals surface area contributed by atoms with E-state index >= 15 is 0 Å². The summed E-state index contributed by atoms with van der Waals surface area (Å²) in [5.41, 5.74) is -1.19. The summed E-state index contributed by atoms with van der Waals surface area (Å²) in [4.78, 5) is 33.2. The van der Waals surface area contributed by atoms with E-state index in [1.807, 2.05) is 19.9 Å². The van der Waals surface area contributed by atoms with Crippen molar-refractivity contribution in [3.05, 3.63) is 18.1 Å². The van der Waals surface area contributed by atoms with Crippen LogP contribution in [0.2, 0.25) is 0 Å². The molecule has 0 aromatic carbocycles. The zero-order valence-corrected chi connectivity index (χ0v) is 12.8. The van der Waals surface area contributed by atoms with Crippen molar-refractivity contribution in [1.29, 1.82) is 5.26 Å². The minimum Gasteiger partial charge on any atom is -0.433 e. The van der Waals surface area contributed by atoms with Gasteiger partial charge in [0.2, 0.25) is 5.82 Å². The molecule has 22 heavy (non-hydrogen) atoms. The lowest BCUT2D eigenvalue weighted by molar-refractivity contribution is -0.136. The van der Waals surface area contributed by atoms with Gasteiger partial charge in [-0.25, -0.2) is 19.7 Å². The molecule has 8 heteroatoms. The van der Waals surface area contributed by atoms with Crippen LogP contribution in [0, 0.1) is 17.2 Å². The number of aromatic nitrogens is 2. The first-order valence-electron chi connectivity index (χ1n) is 6.82. The van der Waals surface area contributed by atoms with E-state index in [9.17, 15) is 9.59 Å². The maximum atomic E-state index is 12.4. The van der Waals surface area contributed by atoms with Gasteiger partial charge in [-0.3, -0.25) is 4.79 Å². The van der Waals surface area contributed by atoms with E-state index in [1.165, 1.54) is 6.20 Å². The van der Waals surface area contributed by atoms with Crippen LogP contribution in [0.1, 0.15) is 33.5 Å². The number of nitrogens with one attached hydrogen (secondary N) is 1. The highest BCUT2D eigenvalue weighted by molar-refractivity contribution is 6.02. The predicted molar refractivity (Wildman–Crippen MR) is 76.4 cm³/mol. The van der Waals surface area contributed by atoms with E-state index < -0.39 is 23.8 Å². The maximum absolute atomic E-state index is 12.4. The fourth-order valence-corrected chi connectivity index (χ4v) is 2.10. The molecule has 8 nitrogen and oxygen atoms in total. The van der Waals surface area contributed by atoms with E-state index in [1.54, 1.807) is 19.9 Å². The van der Waals surface area contributed by atoms with E-state index in [0.29, 0.717) is 5.82 Å². The average molecular weight is 303 g/mol. The lowest BCUT2D eigenvalue weighted by Gasteiger charge is -2.29. The van der Waals surface area contributed by atoms with Crippen LogP contribution in [-0.2, 0) is 9.53 Å². The van der Waals surface area contributed by atoms with Gasteiger partial charge in [-0.05, 0) is 25.8 Å². The summed E-state index contributed by atoms with van der Waals surface area (Å²) in [6, 6.07) is 3.40. The van der Waals surface area contributed by atoms with Crippen molar-refractivity contribution in [3.63, 3.8) is 0 Å². The molecule has 116 valence electrons. The monoisotopic (exact) mass is 303 g/mol. The van der Waals surface area contributed by atoms with Gasteiger partial charge in [0.25, 0.3) is 5.91 Å². The van der Waals surface area contributed by atoms with Crippen LogP contribution >= 0.6 is 0 Å². The van der Waals surface area contributed by atoms with Crippen LogP contribution in [0.25, 0.3) is 0 Å². The second-order valence-corrected chi connectivity index (χ2v) is 5.76. The molecule has 0 saturated carbocycles. The Morgan fingerprint density at radius 2 is 2.09 bits per heavy atom. The van der Waals surface area contributed by atoms with Crippen molar-refractivity contribution in [2.75, 3.05) is 5.32 Å². The summed E-state index contributed by atoms with van der Waals surface area (Å²) in [5.74, 6) is -0.150. The fourth-order valence-electron chi connectivity index (χ4n) is 2.10. The van der Waals surface area contributed by atoms with Crippen molar-refractivity contribution < 1.29 is 14.3 Å². The number of rotatable bonds is 4. The van der Waals surface area contributed by atoms with E-state index in [2.05, 4.69) is 15.3 Å². The molecular weight excluding hydrogens is 286 g/mol. The standard InChI is InChI=1S/C14H17N5O3/c1-8(2)11(18-9-5-6-16-10(7-15)17-9)19-12(20)14(3,4)22-13(19)21/h5-6,8,11H,1-4H3,(H,16,17,18). The number of nitrogens with zero attached hydrogens (tertiary/aromatic N) is 4. The topological polar surface area (TPSA) is 108 Å². The zero-order chi connectivity index (χ0) is 16.5. The largest absolute Gasteiger partial charge is 0.433 e. The molecule has 1 aromatic rings. The Labute approximate surface area is 128 Å². The van der Waals surface area contributed by atoms with Crippen molar-refractivity contribution in [2.45, 2.75) is 39.5 Å². The number of carbonyl (C=O) groups is 2. The molecule has 0 radical (unpaired) electrons. The van der Waals surface area contributed by atoms with Gasteiger partial charge >= 0.3 is 6.09 Å². The number of nitriles is 1. The smallest absolute Gasteiger partial charge is 0.419 e. The predicted octanol–water partition coefficient (Wildman–Crippen LogP) is 1.50. The summed E-state index contributed by atoms with van der Waals surface area (Å²) >= 11 is 0. The first-order chi connectivity index (χ1) is 10.3. The summed E-state index contributed by atoms with van der Waals surface area (Å²) in [5, 5.41) is 11.8. The van der Waals surface area contributed by atoms with Crippen molar-refractivity contribution in [3.8, 4) is 6.07 Å².